The quantitative estimate of drug-likeness (QED) is 0.212. The Balaban J connectivity index is 2.31. The summed E-state index contributed by atoms with van der Waals surface area (Å²) in [7, 11) is 0. The molecule has 0 heterocycles. The van der Waals surface area contributed by atoms with Gasteiger partial charge in [0.05, 0.1) is 26.4 Å². The number of hydrogen-bond acceptors (Lipinski definition) is 6. The summed E-state index contributed by atoms with van der Waals surface area (Å²) in [5.41, 5.74) is 6.03. The van der Waals surface area contributed by atoms with Crippen LogP contribution in [0.5, 0.6) is 11.5 Å². The van der Waals surface area contributed by atoms with Gasteiger partial charge in [-0.1, -0.05) is 51.0 Å². The van der Waals surface area contributed by atoms with Gasteiger partial charge >= 0.3 is 0 Å². The minimum atomic E-state index is -0.265. The molecule has 0 fully saturated rings. The number of hydrogen-bond donors (Lipinski definition) is 6. The van der Waals surface area contributed by atoms with Crippen molar-refractivity contribution in [2.24, 2.45) is 0 Å². The minimum absolute atomic E-state index is 0.00325. The molecule has 0 aliphatic rings. The lowest BCUT2D eigenvalue weighted by atomic mass is 9.74. The summed E-state index contributed by atoms with van der Waals surface area (Å²) < 4.78 is 0. The number of aliphatic hydroxyl groups excluding tert-OH is 4. The molecule has 6 nitrogen and oxygen atoms in total. The Morgan fingerprint density at radius 2 is 0.861 bits per heavy atom. The molecule has 0 saturated heterocycles. The summed E-state index contributed by atoms with van der Waals surface area (Å²) in [5, 5.41) is 61.0. The lowest BCUT2D eigenvalue weighted by Gasteiger charge is -2.30. The van der Waals surface area contributed by atoms with Gasteiger partial charge in [-0.3, -0.25) is 0 Å². The second-order valence-corrected chi connectivity index (χ2v) is 9.30. The zero-order valence-electron chi connectivity index (χ0n) is 21.1. The van der Waals surface area contributed by atoms with E-state index in [0.29, 0.717) is 22.3 Å². The van der Waals surface area contributed by atoms with E-state index in [1.54, 1.807) is 24.3 Å². The standard InChI is InChI=1S/C30H38O6/c1-3-7-27(29-19(15-31)11-23(35)12-20(29)16-32)25-9-5-6-10-26(25)28(8-4-2)30-21(17-33)13-24(36)14-22(30)18-34/h5-6,9-14,27-28,31-36H,3-4,7-8,15-18H2,1-2H3/t27-,28?/m1/s1. The highest BCUT2D eigenvalue weighted by atomic mass is 16.3. The molecule has 0 saturated carbocycles. The van der Waals surface area contributed by atoms with E-state index in [4.69, 9.17) is 0 Å². The van der Waals surface area contributed by atoms with Crippen LogP contribution in [-0.2, 0) is 26.4 Å². The molecule has 0 aliphatic heterocycles. The molecule has 1 unspecified atom stereocenters. The first-order valence-corrected chi connectivity index (χ1v) is 12.6. The minimum Gasteiger partial charge on any atom is -0.508 e. The second-order valence-electron chi connectivity index (χ2n) is 9.30. The summed E-state index contributed by atoms with van der Waals surface area (Å²) in [5.74, 6) is -0.294. The fraction of sp³-hybridized carbons (Fsp3) is 0.400. The van der Waals surface area contributed by atoms with E-state index in [2.05, 4.69) is 26.0 Å². The number of benzene rings is 3. The highest BCUT2D eigenvalue weighted by Crippen LogP contribution is 2.43. The summed E-state index contributed by atoms with van der Waals surface area (Å²) in [6.07, 6.45) is 3.24. The summed E-state index contributed by atoms with van der Waals surface area (Å²) in [6, 6.07) is 14.3. The lowest BCUT2D eigenvalue weighted by molar-refractivity contribution is 0.269. The Morgan fingerprint density at radius 1 is 0.556 bits per heavy atom. The number of phenols is 2. The van der Waals surface area contributed by atoms with Gasteiger partial charge in [0, 0.05) is 11.8 Å². The van der Waals surface area contributed by atoms with Crippen LogP contribution in [0.25, 0.3) is 0 Å². The Hall–Kier alpha value is -2.90. The summed E-state index contributed by atoms with van der Waals surface area (Å²) >= 11 is 0. The van der Waals surface area contributed by atoms with Crippen LogP contribution < -0.4 is 0 Å². The first-order valence-electron chi connectivity index (χ1n) is 12.6. The molecular formula is C30H38O6. The van der Waals surface area contributed by atoms with Gasteiger partial charge in [0.15, 0.2) is 0 Å². The van der Waals surface area contributed by atoms with Gasteiger partial charge in [-0.15, -0.1) is 0 Å². The smallest absolute Gasteiger partial charge is 0.116 e. The molecule has 0 spiro atoms. The number of phenolic OH excluding ortho intramolecular Hbond substituents is 2. The molecule has 2 atom stereocenters. The first kappa shape index (κ1) is 27.7. The van der Waals surface area contributed by atoms with E-state index in [9.17, 15) is 30.6 Å². The van der Waals surface area contributed by atoms with E-state index in [1.165, 1.54) is 0 Å². The highest BCUT2D eigenvalue weighted by Gasteiger charge is 2.28. The fourth-order valence-electron chi connectivity index (χ4n) is 5.57. The van der Waals surface area contributed by atoms with Crippen molar-refractivity contribution in [2.45, 2.75) is 77.8 Å². The summed E-state index contributed by atoms with van der Waals surface area (Å²) in [4.78, 5) is 0. The van der Waals surface area contributed by atoms with Crippen molar-refractivity contribution >= 4 is 0 Å². The van der Waals surface area contributed by atoms with Crippen LogP contribution in [0.3, 0.4) is 0 Å². The predicted octanol–water partition coefficient (Wildman–Crippen LogP) is 4.93. The number of rotatable bonds is 12. The maximum absolute atomic E-state index is 10.2. The Kier molecular flexibility index (Phi) is 9.90. The van der Waals surface area contributed by atoms with E-state index >= 15 is 0 Å². The van der Waals surface area contributed by atoms with Crippen LogP contribution in [0.4, 0.5) is 0 Å². The number of aliphatic hydroxyl groups is 4. The molecule has 0 aliphatic carbocycles. The zero-order chi connectivity index (χ0) is 26.2. The molecule has 3 aromatic rings. The molecule has 194 valence electrons. The van der Waals surface area contributed by atoms with Crippen molar-refractivity contribution in [3.63, 3.8) is 0 Å². The molecule has 6 N–H and O–H groups in total. The second kappa shape index (κ2) is 12.9. The van der Waals surface area contributed by atoms with Crippen molar-refractivity contribution < 1.29 is 30.6 Å². The normalized spacial score (nSPS) is 13.1. The first-order chi connectivity index (χ1) is 17.4. The van der Waals surface area contributed by atoms with Crippen LogP contribution >= 0.6 is 0 Å². The third-order valence-electron chi connectivity index (χ3n) is 6.95. The zero-order valence-corrected chi connectivity index (χ0v) is 21.1. The van der Waals surface area contributed by atoms with Crippen LogP contribution in [-0.4, -0.2) is 30.6 Å². The molecule has 0 bridgehead atoms. The largest absolute Gasteiger partial charge is 0.508 e. The van der Waals surface area contributed by atoms with Gasteiger partial charge in [0.25, 0.3) is 0 Å². The average Bonchev–Trinajstić information content (AvgIpc) is 2.89. The maximum Gasteiger partial charge on any atom is 0.116 e. The van der Waals surface area contributed by atoms with Gasteiger partial charge in [0.2, 0.25) is 0 Å². The Morgan fingerprint density at radius 3 is 1.11 bits per heavy atom. The van der Waals surface area contributed by atoms with Gasteiger partial charge in [-0.05, 0) is 81.6 Å². The van der Waals surface area contributed by atoms with Gasteiger partial charge in [0.1, 0.15) is 11.5 Å². The molecule has 0 aromatic heterocycles. The van der Waals surface area contributed by atoms with E-state index in [0.717, 1.165) is 47.9 Å². The van der Waals surface area contributed by atoms with E-state index in [-0.39, 0.29) is 49.8 Å². The molecule has 0 radical (unpaired) electrons. The molecule has 3 aromatic carbocycles. The summed E-state index contributed by atoms with van der Waals surface area (Å²) in [6.45, 7) is 3.12. The highest BCUT2D eigenvalue weighted by molar-refractivity contribution is 5.53. The van der Waals surface area contributed by atoms with Crippen LogP contribution in [0.2, 0.25) is 0 Å². The number of aromatic hydroxyl groups is 2. The van der Waals surface area contributed by atoms with Crippen molar-refractivity contribution in [1.82, 2.24) is 0 Å². The van der Waals surface area contributed by atoms with Crippen molar-refractivity contribution in [3.05, 3.63) is 93.0 Å². The van der Waals surface area contributed by atoms with Crippen LogP contribution in [0.15, 0.2) is 48.5 Å². The molecule has 6 heteroatoms. The molecular weight excluding hydrogens is 456 g/mol. The SMILES string of the molecule is CCCC(c1ccccc1[C@@H](CCC)c1c(CO)cc(O)cc1CO)c1c(CO)cc(O)cc1CO. The maximum atomic E-state index is 10.2. The van der Waals surface area contributed by atoms with Gasteiger partial charge < -0.3 is 30.6 Å². The van der Waals surface area contributed by atoms with Gasteiger partial charge in [-0.2, -0.15) is 0 Å². The third kappa shape index (κ3) is 5.73. The van der Waals surface area contributed by atoms with Crippen LogP contribution in [0, 0.1) is 0 Å². The van der Waals surface area contributed by atoms with Crippen molar-refractivity contribution in [3.8, 4) is 11.5 Å². The third-order valence-corrected chi connectivity index (χ3v) is 6.95. The van der Waals surface area contributed by atoms with E-state index < -0.39 is 0 Å². The van der Waals surface area contributed by atoms with Crippen molar-refractivity contribution in [1.29, 1.82) is 0 Å². The average molecular weight is 495 g/mol. The van der Waals surface area contributed by atoms with Crippen LogP contribution in [0.1, 0.15) is 95.9 Å². The molecule has 36 heavy (non-hydrogen) atoms. The predicted molar refractivity (Wildman–Crippen MR) is 140 cm³/mol. The topological polar surface area (TPSA) is 121 Å². The Labute approximate surface area is 213 Å². The lowest BCUT2D eigenvalue weighted by Crippen LogP contribution is -2.15. The monoisotopic (exact) mass is 494 g/mol. The fourth-order valence-corrected chi connectivity index (χ4v) is 5.57. The van der Waals surface area contributed by atoms with E-state index in [1.807, 2.05) is 12.1 Å². The Bertz CT molecular complexity index is 1020. The van der Waals surface area contributed by atoms with Crippen molar-refractivity contribution in [2.75, 3.05) is 0 Å². The van der Waals surface area contributed by atoms with Gasteiger partial charge in [-0.25, -0.2) is 0 Å². The molecule has 3 rings (SSSR count). The molecule has 0 amide bonds.